The van der Waals surface area contributed by atoms with Gasteiger partial charge in [-0.25, -0.2) is 4.79 Å². The van der Waals surface area contributed by atoms with Crippen LogP contribution in [-0.4, -0.2) is 78.1 Å². The van der Waals surface area contributed by atoms with E-state index in [1.165, 1.54) is 4.90 Å². The largest absolute Gasteiger partial charge is 0.493 e. The number of carbonyl (C=O) groups excluding carboxylic acids is 2. The topological polar surface area (TPSA) is 93.6 Å². The lowest BCUT2D eigenvalue weighted by Crippen LogP contribution is -3.14. The third-order valence-electron chi connectivity index (χ3n) is 5.10. The van der Waals surface area contributed by atoms with Crippen LogP contribution >= 0.6 is 0 Å². The number of methoxy groups -OCH3 is 2. The zero-order valence-corrected chi connectivity index (χ0v) is 16.5. The number of anilines is 1. The fraction of sp³-hybridized carbons (Fsp3) is 0.579. The van der Waals surface area contributed by atoms with Crippen LogP contribution in [0, 0.1) is 0 Å². The Morgan fingerprint density at radius 3 is 2.71 bits per heavy atom. The van der Waals surface area contributed by atoms with Crippen molar-refractivity contribution in [1.29, 1.82) is 0 Å². The molecule has 0 aliphatic carbocycles. The van der Waals surface area contributed by atoms with Crippen LogP contribution in [0.3, 0.4) is 0 Å². The van der Waals surface area contributed by atoms with Crippen molar-refractivity contribution in [2.24, 2.45) is 0 Å². The average molecular weight is 393 g/mol. The number of carbonyl (C=O) groups is 2. The summed E-state index contributed by atoms with van der Waals surface area (Å²) in [4.78, 5) is 27.7. The van der Waals surface area contributed by atoms with Gasteiger partial charge in [-0.3, -0.25) is 4.79 Å². The molecule has 3 rings (SSSR count). The monoisotopic (exact) mass is 393 g/mol. The Morgan fingerprint density at radius 2 is 2.00 bits per heavy atom. The van der Waals surface area contributed by atoms with Gasteiger partial charge < -0.3 is 34.6 Å². The molecule has 9 nitrogen and oxygen atoms in total. The maximum absolute atomic E-state index is 12.4. The highest BCUT2D eigenvalue weighted by atomic mass is 16.5. The number of rotatable bonds is 7. The van der Waals surface area contributed by atoms with Crippen molar-refractivity contribution < 1.29 is 28.7 Å². The molecule has 0 saturated carbocycles. The lowest BCUT2D eigenvalue weighted by molar-refractivity contribution is -0.906. The quantitative estimate of drug-likeness (QED) is 0.554. The Labute approximate surface area is 164 Å². The van der Waals surface area contributed by atoms with E-state index in [1.807, 2.05) is 6.07 Å². The normalized spacial score (nSPS) is 20.1. The first-order valence-corrected chi connectivity index (χ1v) is 9.58. The van der Waals surface area contributed by atoms with E-state index >= 15 is 0 Å². The molecule has 2 aliphatic heterocycles. The van der Waals surface area contributed by atoms with Crippen molar-refractivity contribution in [2.75, 3.05) is 65.1 Å². The van der Waals surface area contributed by atoms with Gasteiger partial charge in [-0.1, -0.05) is 0 Å². The molecule has 1 aromatic rings. The highest BCUT2D eigenvalue weighted by molar-refractivity contribution is 5.97. The Hall–Kier alpha value is -2.52. The predicted molar refractivity (Wildman–Crippen MR) is 103 cm³/mol. The first kappa shape index (κ1) is 20.2. The lowest BCUT2D eigenvalue weighted by Gasteiger charge is -2.24. The van der Waals surface area contributed by atoms with Crippen molar-refractivity contribution in [2.45, 2.75) is 12.5 Å². The van der Waals surface area contributed by atoms with Crippen LogP contribution < -0.4 is 29.9 Å². The molecule has 0 radical (unpaired) electrons. The number of morpholine rings is 1. The van der Waals surface area contributed by atoms with E-state index < -0.39 is 0 Å². The Balaban J connectivity index is 1.48. The van der Waals surface area contributed by atoms with E-state index in [1.54, 1.807) is 31.3 Å². The van der Waals surface area contributed by atoms with Crippen molar-refractivity contribution in [3.63, 3.8) is 0 Å². The first-order chi connectivity index (χ1) is 13.6. The molecule has 0 unspecified atom stereocenters. The molecule has 1 atom stereocenters. The molecule has 0 bridgehead atoms. The fourth-order valence-corrected chi connectivity index (χ4v) is 3.55. The molecule has 3 amide bonds. The molecule has 1 aromatic carbocycles. The number of quaternary nitrogens is 1. The fourth-order valence-electron chi connectivity index (χ4n) is 3.55. The van der Waals surface area contributed by atoms with Gasteiger partial charge in [0.25, 0.3) is 0 Å². The van der Waals surface area contributed by atoms with Gasteiger partial charge in [-0.2, -0.15) is 0 Å². The summed E-state index contributed by atoms with van der Waals surface area (Å²) in [5.41, 5.74) is 0.725. The lowest BCUT2D eigenvalue weighted by atomic mass is 10.2. The van der Waals surface area contributed by atoms with Gasteiger partial charge in [0.1, 0.15) is 13.1 Å². The van der Waals surface area contributed by atoms with Crippen LogP contribution in [-0.2, 0) is 9.53 Å². The Kier molecular flexibility index (Phi) is 6.94. The van der Waals surface area contributed by atoms with Crippen LogP contribution in [0.1, 0.15) is 6.42 Å². The summed E-state index contributed by atoms with van der Waals surface area (Å²) in [6.07, 6.45) is 0.274. The van der Waals surface area contributed by atoms with E-state index in [0.717, 1.165) is 38.5 Å². The van der Waals surface area contributed by atoms with Crippen molar-refractivity contribution in [3.8, 4) is 11.5 Å². The van der Waals surface area contributed by atoms with Gasteiger partial charge in [0.05, 0.1) is 46.6 Å². The number of nitrogens with zero attached hydrogens (tertiary/aromatic N) is 1. The summed E-state index contributed by atoms with van der Waals surface area (Å²) in [5.74, 6) is 1.14. The van der Waals surface area contributed by atoms with E-state index in [4.69, 9.17) is 14.2 Å². The Morgan fingerprint density at radius 1 is 1.25 bits per heavy atom. The van der Waals surface area contributed by atoms with Gasteiger partial charge in [0.15, 0.2) is 11.5 Å². The van der Waals surface area contributed by atoms with Crippen LogP contribution in [0.4, 0.5) is 10.5 Å². The molecule has 2 aliphatic rings. The van der Waals surface area contributed by atoms with Gasteiger partial charge in [-0.15, -0.1) is 0 Å². The van der Waals surface area contributed by atoms with Gasteiger partial charge in [-0.05, 0) is 12.1 Å². The van der Waals surface area contributed by atoms with E-state index in [-0.39, 0.29) is 24.4 Å². The molecule has 2 fully saturated rings. The van der Waals surface area contributed by atoms with Crippen molar-refractivity contribution in [1.82, 2.24) is 10.6 Å². The van der Waals surface area contributed by atoms with Gasteiger partial charge >= 0.3 is 6.03 Å². The highest BCUT2D eigenvalue weighted by Gasteiger charge is 2.32. The third-order valence-corrected chi connectivity index (χ3v) is 5.10. The number of benzene rings is 1. The molecule has 3 N–H and O–H groups in total. The number of amides is 3. The molecular weight excluding hydrogens is 364 g/mol. The van der Waals surface area contributed by atoms with Gasteiger partial charge in [0, 0.05) is 24.7 Å². The number of ether oxygens (including phenoxy) is 3. The maximum Gasteiger partial charge on any atom is 0.315 e. The summed E-state index contributed by atoms with van der Waals surface area (Å²) < 4.78 is 15.9. The standard InChI is InChI=1S/C19H28N4O5/c1-26-16-4-3-15(12-17(16)27-2)23-13-14(11-18(23)24)21-19(25)20-5-6-22-7-9-28-10-8-22/h3-4,12,14H,5-11,13H2,1-2H3,(H2,20,21,25)/p+1/t14-/m1/s1. The molecule has 0 aromatic heterocycles. The SMILES string of the molecule is COc1ccc(N2C[C@H](NC(=O)NCC[NH+]3CCOCC3)CC2=O)cc1OC. The highest BCUT2D eigenvalue weighted by Crippen LogP contribution is 2.33. The number of nitrogens with one attached hydrogen (secondary N) is 3. The van der Waals surface area contributed by atoms with Gasteiger partial charge in [0.2, 0.25) is 5.91 Å². The molecule has 0 spiro atoms. The third kappa shape index (κ3) is 5.05. The summed E-state index contributed by atoms with van der Waals surface area (Å²) in [7, 11) is 3.12. The minimum atomic E-state index is -0.236. The summed E-state index contributed by atoms with van der Waals surface area (Å²) >= 11 is 0. The molecule has 9 heteroatoms. The average Bonchev–Trinajstić information content (AvgIpc) is 3.08. The number of hydrogen-bond acceptors (Lipinski definition) is 5. The summed E-state index contributed by atoms with van der Waals surface area (Å²) in [6, 6.07) is 4.89. The van der Waals surface area contributed by atoms with E-state index in [2.05, 4.69) is 10.6 Å². The minimum Gasteiger partial charge on any atom is -0.493 e. The van der Waals surface area contributed by atoms with E-state index in [0.29, 0.717) is 24.6 Å². The molecule has 2 heterocycles. The van der Waals surface area contributed by atoms with Crippen LogP contribution in [0.5, 0.6) is 11.5 Å². The zero-order chi connectivity index (χ0) is 19.9. The number of urea groups is 1. The molecule has 154 valence electrons. The number of hydrogen-bond donors (Lipinski definition) is 3. The second-order valence-electron chi connectivity index (χ2n) is 6.96. The van der Waals surface area contributed by atoms with Crippen LogP contribution in [0.25, 0.3) is 0 Å². The maximum atomic E-state index is 12.4. The predicted octanol–water partition coefficient (Wildman–Crippen LogP) is -0.977. The molecule has 28 heavy (non-hydrogen) atoms. The first-order valence-electron chi connectivity index (χ1n) is 9.58. The summed E-state index contributed by atoms with van der Waals surface area (Å²) in [6.45, 7) is 5.40. The van der Waals surface area contributed by atoms with E-state index in [9.17, 15) is 9.59 Å². The zero-order valence-electron chi connectivity index (χ0n) is 16.5. The summed E-state index contributed by atoms with van der Waals surface area (Å²) in [5, 5.41) is 5.78. The van der Waals surface area contributed by atoms with Crippen molar-refractivity contribution in [3.05, 3.63) is 18.2 Å². The second kappa shape index (κ2) is 9.61. The molecular formula is C19H29N4O5+. The Bertz CT molecular complexity index is 693. The van der Waals surface area contributed by atoms with Crippen molar-refractivity contribution >= 4 is 17.6 Å². The van der Waals surface area contributed by atoms with Crippen LogP contribution in [0.2, 0.25) is 0 Å². The second-order valence-corrected chi connectivity index (χ2v) is 6.96. The molecule has 2 saturated heterocycles. The smallest absolute Gasteiger partial charge is 0.315 e. The minimum absolute atomic E-state index is 0.0321. The van der Waals surface area contributed by atoms with Crippen LogP contribution in [0.15, 0.2) is 18.2 Å².